The minimum Gasteiger partial charge on any atom is -0.462 e. The van der Waals surface area contributed by atoms with Crippen LogP contribution < -0.4 is 15.1 Å². The number of nitrogens with one attached hydrogen (secondary N) is 1. The van der Waals surface area contributed by atoms with E-state index in [4.69, 9.17) is 14.2 Å². The van der Waals surface area contributed by atoms with Gasteiger partial charge in [0, 0.05) is 30.9 Å². The van der Waals surface area contributed by atoms with E-state index in [2.05, 4.69) is 5.32 Å². The van der Waals surface area contributed by atoms with Gasteiger partial charge in [-0.1, -0.05) is 0 Å². The molecule has 1 saturated heterocycles. The third-order valence-corrected chi connectivity index (χ3v) is 6.57. The van der Waals surface area contributed by atoms with E-state index >= 15 is 4.39 Å². The highest BCUT2D eigenvalue weighted by atomic mass is 19.1. The van der Waals surface area contributed by atoms with E-state index in [0.717, 1.165) is 0 Å². The van der Waals surface area contributed by atoms with Gasteiger partial charge in [0.25, 0.3) is 5.69 Å². The van der Waals surface area contributed by atoms with E-state index in [1.54, 1.807) is 32.6 Å². The van der Waals surface area contributed by atoms with Gasteiger partial charge in [-0.2, -0.15) is 0 Å². The molecule has 0 aromatic heterocycles. The lowest BCUT2D eigenvalue weighted by atomic mass is 10.0. The van der Waals surface area contributed by atoms with Gasteiger partial charge in [-0.05, 0) is 53.9 Å². The van der Waals surface area contributed by atoms with Crippen LogP contribution in [-0.4, -0.2) is 67.9 Å². The molecule has 1 unspecified atom stereocenters. The summed E-state index contributed by atoms with van der Waals surface area (Å²) in [4.78, 5) is 52.1. The van der Waals surface area contributed by atoms with E-state index in [9.17, 15) is 24.5 Å². The van der Waals surface area contributed by atoms with Crippen LogP contribution in [0.1, 0.15) is 51.2 Å². The fraction of sp³-hybridized carbons (Fsp3) is 0.577. The van der Waals surface area contributed by atoms with Gasteiger partial charge in [-0.3, -0.25) is 10.1 Å². The molecule has 1 saturated carbocycles. The highest BCUT2D eigenvalue weighted by molar-refractivity contribution is 6.14. The monoisotopic (exact) mass is 550 g/mol. The van der Waals surface area contributed by atoms with Crippen LogP contribution in [0.2, 0.25) is 0 Å². The van der Waals surface area contributed by atoms with Crippen LogP contribution in [0.4, 0.5) is 26.2 Å². The zero-order valence-corrected chi connectivity index (χ0v) is 22.9. The molecule has 39 heavy (non-hydrogen) atoms. The molecule has 0 spiro atoms. The number of amides is 1. The smallest absolute Gasteiger partial charge is 0.407 e. The van der Waals surface area contributed by atoms with Gasteiger partial charge in [0.2, 0.25) is 0 Å². The fourth-order valence-corrected chi connectivity index (χ4v) is 4.70. The maximum Gasteiger partial charge on any atom is 0.407 e. The van der Waals surface area contributed by atoms with Crippen molar-refractivity contribution in [3.05, 3.63) is 38.8 Å². The summed E-state index contributed by atoms with van der Waals surface area (Å²) in [5.41, 5.74) is -0.521. The molecule has 1 heterocycles. The number of ether oxygens (including phenoxy) is 3. The molecule has 1 amide bonds. The lowest BCUT2D eigenvalue weighted by molar-refractivity contribution is -0.384. The summed E-state index contributed by atoms with van der Waals surface area (Å²) in [7, 11) is 0. The number of nitrogens with zero attached hydrogens (tertiary/aromatic N) is 3. The quantitative estimate of drug-likeness (QED) is 0.0825. The summed E-state index contributed by atoms with van der Waals surface area (Å²) in [6.45, 7) is 8.66. The minimum atomic E-state index is -0.923. The van der Waals surface area contributed by atoms with Crippen LogP contribution in [0.3, 0.4) is 0 Å². The van der Waals surface area contributed by atoms with Gasteiger partial charge in [0.1, 0.15) is 5.69 Å². The Morgan fingerprint density at radius 1 is 1.05 bits per heavy atom. The Kier molecular flexibility index (Phi) is 9.71. The summed E-state index contributed by atoms with van der Waals surface area (Å²) >= 11 is 0. The molecule has 2 aliphatic rings. The molecule has 3 rings (SSSR count). The van der Waals surface area contributed by atoms with Crippen LogP contribution >= 0.6 is 0 Å². The number of esters is 2. The van der Waals surface area contributed by atoms with E-state index in [-0.39, 0.29) is 61.0 Å². The number of carbonyl (C=O) groups excluding carboxylic acids is 3. The molecule has 1 atom stereocenters. The number of rotatable bonds is 11. The zero-order chi connectivity index (χ0) is 28.9. The van der Waals surface area contributed by atoms with Crippen LogP contribution in [0.15, 0.2) is 11.8 Å². The Labute approximate surface area is 226 Å². The second-order valence-electron chi connectivity index (χ2n) is 9.29. The standard InChI is InChI=1S/C26H35FN4O8/c1-6-37-24(32)19(25(33)38-7-2)14-30(18-9-10-18)22-16(5)21(20(27)15(4)23(22)31(35)36)29-12-11-17(13-29)28-26(34)39-8-3/h14,17-18H,6-13H2,1-5H3,(H,28,34). The predicted molar refractivity (Wildman–Crippen MR) is 140 cm³/mol. The molecule has 12 nitrogen and oxygen atoms in total. The Hall–Kier alpha value is -3.90. The normalized spacial score (nSPS) is 16.4. The van der Waals surface area contributed by atoms with Crippen molar-refractivity contribution in [3.63, 3.8) is 0 Å². The third kappa shape index (κ3) is 6.58. The number of hydrogen-bond donors (Lipinski definition) is 1. The molecule has 1 aliphatic carbocycles. The summed E-state index contributed by atoms with van der Waals surface area (Å²) in [5, 5.41) is 15.0. The Morgan fingerprint density at radius 2 is 1.64 bits per heavy atom. The molecule has 214 valence electrons. The number of alkyl carbamates (subject to hydrolysis) is 1. The van der Waals surface area contributed by atoms with Gasteiger partial charge in [-0.15, -0.1) is 0 Å². The number of hydrogen-bond acceptors (Lipinski definition) is 10. The first-order valence-electron chi connectivity index (χ1n) is 13.0. The van der Waals surface area contributed by atoms with E-state index in [1.165, 1.54) is 18.0 Å². The molecular formula is C26H35FN4O8. The number of nitro groups is 1. The SMILES string of the molecule is CCOC(=O)NC1CCN(c2c(C)c(N(C=C(C(=O)OCC)C(=O)OCC)C3CC3)c([N+](=O)[O-])c(C)c2F)C1. The summed E-state index contributed by atoms with van der Waals surface area (Å²) in [6, 6.07) is -0.559. The van der Waals surface area contributed by atoms with Crippen molar-refractivity contribution in [2.45, 2.75) is 66.0 Å². The number of carbonyl (C=O) groups is 3. The van der Waals surface area contributed by atoms with Crippen molar-refractivity contribution >= 4 is 35.1 Å². The third-order valence-electron chi connectivity index (χ3n) is 6.57. The molecule has 1 N–H and O–H groups in total. The van der Waals surface area contributed by atoms with E-state index < -0.39 is 40.0 Å². The topological polar surface area (TPSA) is 141 Å². The molecule has 1 aliphatic heterocycles. The van der Waals surface area contributed by atoms with Gasteiger partial charge < -0.3 is 29.3 Å². The van der Waals surface area contributed by atoms with Gasteiger partial charge >= 0.3 is 18.0 Å². The summed E-state index contributed by atoms with van der Waals surface area (Å²) < 4.78 is 30.8. The number of benzene rings is 1. The van der Waals surface area contributed by atoms with Crippen molar-refractivity contribution in [2.24, 2.45) is 0 Å². The summed E-state index contributed by atoms with van der Waals surface area (Å²) in [6.07, 6.45) is 2.46. The van der Waals surface area contributed by atoms with Crippen LogP contribution in [0.25, 0.3) is 0 Å². The largest absolute Gasteiger partial charge is 0.462 e. The van der Waals surface area contributed by atoms with Crippen LogP contribution in [0, 0.1) is 29.8 Å². The van der Waals surface area contributed by atoms with Crippen molar-refractivity contribution in [1.82, 2.24) is 5.32 Å². The van der Waals surface area contributed by atoms with Gasteiger partial charge in [0.05, 0.1) is 42.0 Å². The second-order valence-corrected chi connectivity index (χ2v) is 9.29. The van der Waals surface area contributed by atoms with Crippen molar-refractivity contribution in [2.75, 3.05) is 42.7 Å². The van der Waals surface area contributed by atoms with Gasteiger partial charge in [0.15, 0.2) is 11.4 Å². The molecule has 2 fully saturated rings. The zero-order valence-electron chi connectivity index (χ0n) is 22.9. The van der Waals surface area contributed by atoms with E-state index in [0.29, 0.717) is 25.8 Å². The minimum absolute atomic E-state index is 0.00788. The molecule has 1 aromatic carbocycles. The maximum atomic E-state index is 15.8. The Morgan fingerprint density at radius 3 is 2.15 bits per heavy atom. The number of nitro benzene ring substituents is 1. The molecule has 1 aromatic rings. The lowest BCUT2D eigenvalue weighted by Crippen LogP contribution is -2.37. The highest BCUT2D eigenvalue weighted by Crippen LogP contribution is 2.47. The average molecular weight is 551 g/mol. The van der Waals surface area contributed by atoms with Crippen LogP contribution in [-0.2, 0) is 23.8 Å². The summed E-state index contributed by atoms with van der Waals surface area (Å²) in [5.74, 6) is -2.59. The molecule has 0 bridgehead atoms. The first kappa shape index (κ1) is 29.7. The lowest BCUT2D eigenvalue weighted by Gasteiger charge is -2.29. The number of anilines is 2. The maximum absolute atomic E-state index is 15.8. The Balaban J connectivity index is 2.14. The second kappa shape index (κ2) is 12.8. The first-order chi connectivity index (χ1) is 18.5. The Bertz CT molecular complexity index is 1150. The molecule has 0 radical (unpaired) electrons. The van der Waals surface area contributed by atoms with Crippen molar-refractivity contribution < 1.29 is 37.9 Å². The number of halogens is 1. The molecular weight excluding hydrogens is 515 g/mol. The first-order valence-corrected chi connectivity index (χ1v) is 13.0. The van der Waals surface area contributed by atoms with Gasteiger partial charge in [-0.25, -0.2) is 18.8 Å². The van der Waals surface area contributed by atoms with Crippen molar-refractivity contribution in [3.8, 4) is 0 Å². The van der Waals surface area contributed by atoms with Crippen molar-refractivity contribution in [1.29, 1.82) is 0 Å². The molecule has 13 heteroatoms. The fourth-order valence-electron chi connectivity index (χ4n) is 4.70. The predicted octanol–water partition coefficient (Wildman–Crippen LogP) is 3.65. The highest BCUT2D eigenvalue weighted by Gasteiger charge is 2.40. The average Bonchev–Trinajstić information content (AvgIpc) is 3.61. The van der Waals surface area contributed by atoms with E-state index in [1.807, 2.05) is 0 Å². The van der Waals surface area contributed by atoms with Crippen LogP contribution in [0.5, 0.6) is 0 Å².